The van der Waals surface area contributed by atoms with Crippen LogP contribution in [0.1, 0.15) is 27.2 Å². The van der Waals surface area contributed by atoms with Crippen molar-refractivity contribution >= 4 is 5.91 Å². The van der Waals surface area contributed by atoms with Crippen LogP contribution in [-0.2, 0) is 4.79 Å². The van der Waals surface area contributed by atoms with Gasteiger partial charge >= 0.3 is 0 Å². The van der Waals surface area contributed by atoms with E-state index in [-0.39, 0.29) is 24.5 Å². The molecule has 0 radical (unpaired) electrons. The molecule has 1 amide bonds. The number of aliphatic hydroxyl groups is 1. The largest absolute Gasteiger partial charge is 0.481 e. The molecule has 0 aromatic heterocycles. The SMILES string of the molecule is CCC(Oc1ccccc1)C(=O)N[C@H](CO)C(C)C. The van der Waals surface area contributed by atoms with Gasteiger partial charge in [-0.1, -0.05) is 39.0 Å². The van der Waals surface area contributed by atoms with Gasteiger partial charge in [0.05, 0.1) is 12.6 Å². The molecule has 1 rings (SSSR count). The third-order valence-electron chi connectivity index (χ3n) is 3.01. The van der Waals surface area contributed by atoms with Gasteiger partial charge in [-0.25, -0.2) is 0 Å². The summed E-state index contributed by atoms with van der Waals surface area (Å²) in [4.78, 5) is 12.1. The zero-order valence-corrected chi connectivity index (χ0v) is 11.8. The summed E-state index contributed by atoms with van der Waals surface area (Å²) in [5.74, 6) is 0.678. The van der Waals surface area contributed by atoms with Crippen LogP contribution in [0.15, 0.2) is 30.3 Å². The average Bonchev–Trinajstić information content (AvgIpc) is 2.42. The lowest BCUT2D eigenvalue weighted by molar-refractivity contribution is -0.129. The molecule has 1 aromatic carbocycles. The maximum Gasteiger partial charge on any atom is 0.261 e. The van der Waals surface area contributed by atoms with Crippen LogP contribution in [0, 0.1) is 5.92 Å². The Labute approximate surface area is 114 Å². The molecule has 106 valence electrons. The van der Waals surface area contributed by atoms with Crippen molar-refractivity contribution in [1.82, 2.24) is 5.32 Å². The number of ether oxygens (including phenoxy) is 1. The fourth-order valence-electron chi connectivity index (χ4n) is 1.68. The molecule has 0 fully saturated rings. The lowest BCUT2D eigenvalue weighted by Crippen LogP contribution is -2.47. The first kappa shape index (κ1) is 15.5. The van der Waals surface area contributed by atoms with E-state index in [1.807, 2.05) is 51.1 Å². The molecule has 4 nitrogen and oxygen atoms in total. The minimum Gasteiger partial charge on any atom is -0.481 e. The van der Waals surface area contributed by atoms with Crippen LogP contribution in [0.2, 0.25) is 0 Å². The van der Waals surface area contributed by atoms with E-state index in [9.17, 15) is 9.90 Å². The fourth-order valence-corrected chi connectivity index (χ4v) is 1.68. The molecular formula is C15H23NO3. The molecule has 19 heavy (non-hydrogen) atoms. The predicted molar refractivity (Wildman–Crippen MR) is 75.0 cm³/mol. The van der Waals surface area contributed by atoms with Crippen LogP contribution in [-0.4, -0.2) is 29.8 Å². The number of benzene rings is 1. The molecule has 0 heterocycles. The monoisotopic (exact) mass is 265 g/mol. The van der Waals surface area contributed by atoms with Gasteiger partial charge in [0.15, 0.2) is 6.10 Å². The van der Waals surface area contributed by atoms with Crippen molar-refractivity contribution in [1.29, 1.82) is 0 Å². The molecule has 0 bridgehead atoms. The highest BCUT2D eigenvalue weighted by molar-refractivity contribution is 5.81. The second kappa shape index (κ2) is 7.79. The van der Waals surface area contributed by atoms with Crippen LogP contribution in [0.5, 0.6) is 5.75 Å². The zero-order chi connectivity index (χ0) is 14.3. The third-order valence-corrected chi connectivity index (χ3v) is 3.01. The first-order chi connectivity index (χ1) is 9.08. The number of aliphatic hydroxyl groups excluding tert-OH is 1. The number of nitrogens with one attached hydrogen (secondary N) is 1. The van der Waals surface area contributed by atoms with Crippen molar-refractivity contribution in [2.24, 2.45) is 5.92 Å². The normalized spacial score (nSPS) is 13.9. The summed E-state index contributed by atoms with van der Waals surface area (Å²) in [7, 11) is 0. The highest BCUT2D eigenvalue weighted by Crippen LogP contribution is 2.13. The summed E-state index contributed by atoms with van der Waals surface area (Å²) >= 11 is 0. The number of para-hydroxylation sites is 1. The van der Waals surface area contributed by atoms with Gasteiger partial charge in [0.1, 0.15) is 5.75 Å². The Bertz CT molecular complexity index is 378. The maximum absolute atomic E-state index is 12.1. The minimum atomic E-state index is -0.532. The van der Waals surface area contributed by atoms with E-state index in [1.165, 1.54) is 0 Å². The summed E-state index contributed by atoms with van der Waals surface area (Å²) in [6, 6.07) is 9.04. The van der Waals surface area contributed by atoms with Crippen LogP contribution < -0.4 is 10.1 Å². The minimum absolute atomic E-state index is 0.0643. The Balaban J connectivity index is 2.61. The summed E-state index contributed by atoms with van der Waals surface area (Å²) in [5.41, 5.74) is 0. The van der Waals surface area contributed by atoms with Crippen molar-refractivity contribution in [2.75, 3.05) is 6.61 Å². The Morgan fingerprint density at radius 1 is 1.32 bits per heavy atom. The summed E-state index contributed by atoms with van der Waals surface area (Å²) < 4.78 is 5.66. The predicted octanol–water partition coefficient (Wildman–Crippen LogP) is 1.98. The molecule has 1 aromatic rings. The van der Waals surface area contributed by atoms with Crippen LogP contribution in [0.4, 0.5) is 0 Å². The van der Waals surface area contributed by atoms with E-state index in [4.69, 9.17) is 4.74 Å². The van der Waals surface area contributed by atoms with Gasteiger partial charge in [-0.2, -0.15) is 0 Å². The molecule has 1 unspecified atom stereocenters. The number of carbonyl (C=O) groups is 1. The Kier molecular flexibility index (Phi) is 6.36. The van der Waals surface area contributed by atoms with Gasteiger partial charge in [-0.15, -0.1) is 0 Å². The van der Waals surface area contributed by atoms with E-state index < -0.39 is 6.10 Å². The second-order valence-corrected chi connectivity index (χ2v) is 4.87. The molecule has 2 N–H and O–H groups in total. The summed E-state index contributed by atoms with van der Waals surface area (Å²) in [5, 5.41) is 12.1. The zero-order valence-electron chi connectivity index (χ0n) is 11.8. The molecule has 0 saturated carbocycles. The van der Waals surface area contributed by atoms with E-state index >= 15 is 0 Å². The van der Waals surface area contributed by atoms with E-state index in [0.717, 1.165) is 0 Å². The average molecular weight is 265 g/mol. The topological polar surface area (TPSA) is 58.6 Å². The van der Waals surface area contributed by atoms with Crippen molar-refractivity contribution < 1.29 is 14.6 Å². The molecule has 0 aliphatic carbocycles. The van der Waals surface area contributed by atoms with Gasteiger partial charge in [-0.05, 0) is 24.5 Å². The van der Waals surface area contributed by atoms with Crippen LogP contribution >= 0.6 is 0 Å². The lowest BCUT2D eigenvalue weighted by atomic mass is 10.0. The Morgan fingerprint density at radius 2 is 1.95 bits per heavy atom. The van der Waals surface area contributed by atoms with Gasteiger partial charge in [0.25, 0.3) is 5.91 Å². The number of rotatable bonds is 7. The van der Waals surface area contributed by atoms with Gasteiger partial charge in [0, 0.05) is 0 Å². The van der Waals surface area contributed by atoms with Crippen molar-refractivity contribution in [3.05, 3.63) is 30.3 Å². The Hall–Kier alpha value is -1.55. The molecule has 4 heteroatoms. The van der Waals surface area contributed by atoms with E-state index in [1.54, 1.807) is 0 Å². The van der Waals surface area contributed by atoms with Crippen LogP contribution in [0.25, 0.3) is 0 Å². The standard InChI is InChI=1S/C15H23NO3/c1-4-14(19-12-8-6-5-7-9-12)15(18)16-13(10-17)11(2)3/h5-9,11,13-14,17H,4,10H2,1-3H3,(H,16,18)/t13-,14?/m1/s1. The Morgan fingerprint density at radius 3 is 2.42 bits per heavy atom. The first-order valence-corrected chi connectivity index (χ1v) is 6.71. The molecule has 0 saturated heterocycles. The van der Waals surface area contributed by atoms with Gasteiger partial charge < -0.3 is 15.2 Å². The summed E-state index contributed by atoms with van der Waals surface area (Å²) in [6.45, 7) is 5.75. The van der Waals surface area contributed by atoms with Gasteiger partial charge in [-0.3, -0.25) is 4.79 Å². The molecule has 0 aliphatic rings. The molecule has 2 atom stereocenters. The smallest absolute Gasteiger partial charge is 0.261 e. The lowest BCUT2D eigenvalue weighted by Gasteiger charge is -2.23. The number of hydrogen-bond acceptors (Lipinski definition) is 3. The third kappa shape index (κ3) is 4.91. The van der Waals surface area contributed by atoms with Gasteiger partial charge in [0.2, 0.25) is 0 Å². The number of amides is 1. The second-order valence-electron chi connectivity index (χ2n) is 4.87. The number of carbonyl (C=O) groups excluding carboxylic acids is 1. The first-order valence-electron chi connectivity index (χ1n) is 6.71. The fraction of sp³-hybridized carbons (Fsp3) is 0.533. The van der Waals surface area contributed by atoms with E-state index in [2.05, 4.69) is 5.32 Å². The number of hydrogen-bond donors (Lipinski definition) is 2. The molecular weight excluding hydrogens is 242 g/mol. The molecule has 0 spiro atoms. The van der Waals surface area contributed by atoms with Crippen molar-refractivity contribution in [3.8, 4) is 5.75 Å². The van der Waals surface area contributed by atoms with E-state index in [0.29, 0.717) is 12.2 Å². The van der Waals surface area contributed by atoms with Crippen LogP contribution in [0.3, 0.4) is 0 Å². The molecule has 0 aliphatic heterocycles. The highest BCUT2D eigenvalue weighted by atomic mass is 16.5. The van der Waals surface area contributed by atoms with Crippen molar-refractivity contribution in [2.45, 2.75) is 39.3 Å². The summed E-state index contributed by atoms with van der Waals surface area (Å²) in [6.07, 6.45) is 0.0481. The maximum atomic E-state index is 12.1. The van der Waals surface area contributed by atoms with Crippen molar-refractivity contribution in [3.63, 3.8) is 0 Å². The quantitative estimate of drug-likeness (QED) is 0.792. The highest BCUT2D eigenvalue weighted by Gasteiger charge is 2.22.